The Hall–Kier alpha value is -1.62. The summed E-state index contributed by atoms with van der Waals surface area (Å²) >= 11 is 0. The van der Waals surface area contributed by atoms with E-state index in [2.05, 4.69) is 0 Å². The molecule has 0 aromatic heterocycles. The van der Waals surface area contributed by atoms with Crippen molar-refractivity contribution in [3.8, 4) is 0 Å². The largest absolute Gasteiger partial charge is 0.388 e. The van der Waals surface area contributed by atoms with E-state index in [4.69, 9.17) is 0 Å². The van der Waals surface area contributed by atoms with Crippen LogP contribution in [0.5, 0.6) is 0 Å². The van der Waals surface area contributed by atoms with E-state index in [1.165, 1.54) is 6.07 Å². The van der Waals surface area contributed by atoms with E-state index in [0.717, 1.165) is 25.1 Å². The van der Waals surface area contributed by atoms with Gasteiger partial charge in [0.15, 0.2) is 0 Å². The van der Waals surface area contributed by atoms with Crippen molar-refractivity contribution in [2.75, 3.05) is 18.0 Å². The monoisotopic (exact) mass is 236 g/mol. The topological polar surface area (TPSA) is 66.6 Å². The molecule has 0 saturated carbocycles. The second-order valence-electron chi connectivity index (χ2n) is 4.80. The lowest BCUT2D eigenvalue weighted by atomic mass is 9.95. The summed E-state index contributed by atoms with van der Waals surface area (Å²) in [4.78, 5) is 12.3. The fourth-order valence-corrected chi connectivity index (χ4v) is 2.24. The summed E-state index contributed by atoms with van der Waals surface area (Å²) < 4.78 is 0. The summed E-state index contributed by atoms with van der Waals surface area (Å²) in [6.45, 7) is 3.15. The van der Waals surface area contributed by atoms with Crippen LogP contribution in [0.3, 0.4) is 0 Å². The van der Waals surface area contributed by atoms with Crippen LogP contribution in [0.2, 0.25) is 0 Å². The number of nitro groups is 1. The Morgan fingerprint density at radius 2 is 2.29 bits per heavy atom. The molecule has 1 atom stereocenters. The number of rotatable bonds is 2. The lowest BCUT2D eigenvalue weighted by Crippen LogP contribution is -2.46. The third-order valence-electron chi connectivity index (χ3n) is 3.08. The van der Waals surface area contributed by atoms with Crippen molar-refractivity contribution in [1.29, 1.82) is 0 Å². The molecular weight excluding hydrogens is 220 g/mol. The first-order chi connectivity index (χ1) is 7.98. The highest BCUT2D eigenvalue weighted by Gasteiger charge is 2.28. The van der Waals surface area contributed by atoms with Crippen LogP contribution in [0.4, 0.5) is 11.4 Å². The lowest BCUT2D eigenvalue weighted by molar-refractivity contribution is -0.384. The van der Waals surface area contributed by atoms with E-state index in [9.17, 15) is 15.2 Å². The van der Waals surface area contributed by atoms with Crippen LogP contribution >= 0.6 is 0 Å². The number of β-amino-alcohol motifs (C(OH)–C–C–N with tert-alkyl or cyclic N) is 1. The van der Waals surface area contributed by atoms with Gasteiger partial charge >= 0.3 is 0 Å². The summed E-state index contributed by atoms with van der Waals surface area (Å²) in [5, 5.41) is 20.7. The number of piperidine rings is 1. The summed E-state index contributed by atoms with van der Waals surface area (Å²) in [5.74, 6) is 0. The summed E-state index contributed by atoms with van der Waals surface area (Å²) in [6.07, 6.45) is 1.67. The summed E-state index contributed by atoms with van der Waals surface area (Å²) in [5.41, 5.74) is 0.190. The Bertz CT molecular complexity index is 432. The highest BCUT2D eigenvalue weighted by atomic mass is 16.6. The summed E-state index contributed by atoms with van der Waals surface area (Å²) in [6, 6.07) is 6.55. The van der Waals surface area contributed by atoms with Gasteiger partial charge in [0.1, 0.15) is 0 Å². The zero-order valence-corrected chi connectivity index (χ0v) is 9.80. The van der Waals surface area contributed by atoms with Gasteiger partial charge in [-0.25, -0.2) is 0 Å². The maximum atomic E-state index is 10.7. The molecule has 0 spiro atoms. The molecule has 2 rings (SSSR count). The third-order valence-corrected chi connectivity index (χ3v) is 3.08. The molecule has 0 amide bonds. The Labute approximate surface area is 99.8 Å². The first kappa shape index (κ1) is 11.9. The van der Waals surface area contributed by atoms with Crippen molar-refractivity contribution in [3.05, 3.63) is 34.4 Å². The number of non-ortho nitro benzene ring substituents is 1. The first-order valence-electron chi connectivity index (χ1n) is 5.70. The van der Waals surface area contributed by atoms with E-state index in [0.29, 0.717) is 6.54 Å². The van der Waals surface area contributed by atoms with E-state index in [1.54, 1.807) is 19.1 Å². The van der Waals surface area contributed by atoms with E-state index in [-0.39, 0.29) is 5.69 Å². The smallest absolute Gasteiger partial charge is 0.271 e. The minimum absolute atomic E-state index is 0.0905. The number of nitro benzene ring substituents is 1. The maximum absolute atomic E-state index is 10.7. The third kappa shape index (κ3) is 2.74. The highest BCUT2D eigenvalue weighted by molar-refractivity contribution is 5.53. The van der Waals surface area contributed by atoms with Gasteiger partial charge in [-0.1, -0.05) is 6.07 Å². The number of anilines is 1. The molecule has 17 heavy (non-hydrogen) atoms. The van der Waals surface area contributed by atoms with Crippen molar-refractivity contribution in [3.63, 3.8) is 0 Å². The fraction of sp³-hybridized carbons (Fsp3) is 0.500. The van der Waals surface area contributed by atoms with E-state index in [1.807, 2.05) is 11.0 Å². The van der Waals surface area contributed by atoms with Gasteiger partial charge in [-0.15, -0.1) is 0 Å². The molecule has 1 aromatic rings. The van der Waals surface area contributed by atoms with Crippen molar-refractivity contribution in [2.45, 2.75) is 25.4 Å². The molecule has 1 unspecified atom stereocenters. The summed E-state index contributed by atoms with van der Waals surface area (Å²) in [7, 11) is 0. The minimum Gasteiger partial charge on any atom is -0.388 e. The molecule has 1 aliphatic rings. The van der Waals surface area contributed by atoms with E-state index < -0.39 is 10.5 Å². The molecule has 1 aliphatic heterocycles. The average molecular weight is 236 g/mol. The molecule has 1 heterocycles. The molecular formula is C12H16N2O3. The van der Waals surface area contributed by atoms with Crippen LogP contribution in [-0.4, -0.2) is 28.7 Å². The second-order valence-corrected chi connectivity index (χ2v) is 4.80. The van der Waals surface area contributed by atoms with Crippen LogP contribution in [0, 0.1) is 10.1 Å². The average Bonchev–Trinajstić information content (AvgIpc) is 2.28. The normalized spacial score (nSPS) is 24.7. The van der Waals surface area contributed by atoms with Crippen molar-refractivity contribution < 1.29 is 10.0 Å². The molecule has 1 N–H and O–H groups in total. The van der Waals surface area contributed by atoms with Crippen LogP contribution in [0.15, 0.2) is 24.3 Å². The van der Waals surface area contributed by atoms with Crippen LogP contribution < -0.4 is 4.90 Å². The molecule has 1 aromatic carbocycles. The molecule has 5 heteroatoms. The van der Waals surface area contributed by atoms with Gasteiger partial charge in [0.05, 0.1) is 10.5 Å². The number of aliphatic hydroxyl groups is 1. The van der Waals surface area contributed by atoms with Gasteiger partial charge in [-0.3, -0.25) is 10.1 Å². The standard InChI is InChI=1S/C12H16N2O3/c1-12(15)6-3-7-13(9-12)10-4-2-5-11(8-10)14(16)17/h2,4-5,8,15H,3,6-7,9H2,1H3. The van der Waals surface area contributed by atoms with Crippen LogP contribution in [0.1, 0.15) is 19.8 Å². The molecule has 0 aliphatic carbocycles. The fourth-order valence-electron chi connectivity index (χ4n) is 2.24. The predicted octanol–water partition coefficient (Wildman–Crippen LogP) is 1.95. The molecule has 0 bridgehead atoms. The molecule has 0 radical (unpaired) electrons. The number of benzene rings is 1. The second kappa shape index (κ2) is 4.33. The van der Waals surface area contributed by atoms with Gasteiger partial charge in [-0.2, -0.15) is 0 Å². The van der Waals surface area contributed by atoms with Crippen LogP contribution in [0.25, 0.3) is 0 Å². The van der Waals surface area contributed by atoms with Crippen molar-refractivity contribution in [1.82, 2.24) is 0 Å². The van der Waals surface area contributed by atoms with E-state index >= 15 is 0 Å². The van der Waals surface area contributed by atoms with Gasteiger partial charge in [0, 0.05) is 30.9 Å². The number of nitrogens with zero attached hydrogens (tertiary/aromatic N) is 2. The molecule has 1 fully saturated rings. The maximum Gasteiger partial charge on any atom is 0.271 e. The molecule has 92 valence electrons. The Morgan fingerprint density at radius 3 is 2.94 bits per heavy atom. The lowest BCUT2D eigenvalue weighted by Gasteiger charge is -2.38. The van der Waals surface area contributed by atoms with Crippen molar-refractivity contribution in [2.24, 2.45) is 0 Å². The van der Waals surface area contributed by atoms with Gasteiger partial charge in [0.2, 0.25) is 0 Å². The highest BCUT2D eigenvalue weighted by Crippen LogP contribution is 2.27. The van der Waals surface area contributed by atoms with Gasteiger partial charge in [-0.05, 0) is 25.8 Å². The van der Waals surface area contributed by atoms with Crippen molar-refractivity contribution >= 4 is 11.4 Å². The SMILES string of the molecule is CC1(O)CCCN(c2cccc([N+](=O)[O-])c2)C1. The zero-order valence-electron chi connectivity index (χ0n) is 9.80. The predicted molar refractivity (Wildman–Crippen MR) is 65.2 cm³/mol. The Morgan fingerprint density at radius 1 is 1.53 bits per heavy atom. The van der Waals surface area contributed by atoms with Gasteiger partial charge in [0.25, 0.3) is 5.69 Å². The molecule has 1 saturated heterocycles. The first-order valence-corrected chi connectivity index (χ1v) is 5.70. The zero-order chi connectivity index (χ0) is 12.5. The Kier molecular flexibility index (Phi) is 3.02. The Balaban J connectivity index is 2.22. The number of hydrogen-bond donors (Lipinski definition) is 1. The molecule has 5 nitrogen and oxygen atoms in total. The quantitative estimate of drug-likeness (QED) is 0.629. The van der Waals surface area contributed by atoms with Gasteiger partial charge < -0.3 is 10.0 Å². The number of hydrogen-bond acceptors (Lipinski definition) is 4. The minimum atomic E-state index is -0.705. The van der Waals surface area contributed by atoms with Crippen LogP contribution in [-0.2, 0) is 0 Å².